The summed E-state index contributed by atoms with van der Waals surface area (Å²) in [5, 5.41) is 15.7. The highest BCUT2D eigenvalue weighted by Gasteiger charge is 2.35. The minimum Gasteiger partial charge on any atom is -0.493 e. The number of carbonyl (C=O) groups is 1. The maximum Gasteiger partial charge on any atom is 0.226 e. The third-order valence-electron chi connectivity index (χ3n) is 4.75. The molecule has 9 heteroatoms. The van der Waals surface area contributed by atoms with E-state index in [1.54, 1.807) is 31.0 Å². The number of ether oxygens (including phenoxy) is 2. The molecule has 1 amide bonds. The molecular weight excluding hydrogens is 382 g/mol. The van der Waals surface area contributed by atoms with Gasteiger partial charge in [-0.15, -0.1) is 10.2 Å². The largest absolute Gasteiger partial charge is 0.493 e. The molecular formula is C19H18ClN5O3. The highest BCUT2D eigenvalue weighted by Crippen LogP contribution is 2.45. The van der Waals surface area contributed by atoms with E-state index in [4.69, 9.17) is 21.1 Å². The Bertz CT molecular complexity index is 1050. The predicted octanol–water partition coefficient (Wildman–Crippen LogP) is 3.12. The van der Waals surface area contributed by atoms with Crippen molar-refractivity contribution in [2.45, 2.75) is 19.3 Å². The molecule has 0 fully saturated rings. The molecule has 1 aromatic carbocycles. The van der Waals surface area contributed by atoms with Crippen molar-refractivity contribution >= 4 is 23.3 Å². The van der Waals surface area contributed by atoms with Crippen molar-refractivity contribution in [3.63, 3.8) is 0 Å². The maximum atomic E-state index is 12.5. The summed E-state index contributed by atoms with van der Waals surface area (Å²) in [6.45, 7) is 1.90. The fourth-order valence-corrected chi connectivity index (χ4v) is 3.69. The van der Waals surface area contributed by atoms with Crippen LogP contribution in [-0.4, -0.2) is 40.1 Å². The van der Waals surface area contributed by atoms with Gasteiger partial charge in [0, 0.05) is 23.5 Å². The van der Waals surface area contributed by atoms with Crippen molar-refractivity contribution in [3.8, 4) is 17.3 Å². The van der Waals surface area contributed by atoms with E-state index in [1.165, 1.54) is 0 Å². The Labute approximate surface area is 166 Å². The van der Waals surface area contributed by atoms with Gasteiger partial charge in [0.25, 0.3) is 0 Å². The maximum absolute atomic E-state index is 12.5. The first-order chi connectivity index (χ1) is 13.5. The Morgan fingerprint density at radius 1 is 1.18 bits per heavy atom. The smallest absolute Gasteiger partial charge is 0.226 e. The first-order valence-corrected chi connectivity index (χ1v) is 9.01. The van der Waals surface area contributed by atoms with Crippen LogP contribution in [0, 0.1) is 6.92 Å². The Morgan fingerprint density at radius 2 is 2.00 bits per heavy atom. The summed E-state index contributed by atoms with van der Waals surface area (Å²) in [4.78, 5) is 12.5. The minimum atomic E-state index is -0.234. The van der Waals surface area contributed by atoms with Crippen LogP contribution in [0.15, 0.2) is 30.3 Å². The van der Waals surface area contributed by atoms with Crippen LogP contribution in [0.5, 0.6) is 11.5 Å². The average Bonchev–Trinajstić information content (AvgIpc) is 3.03. The second-order valence-corrected chi connectivity index (χ2v) is 6.75. The average molecular weight is 400 g/mol. The third-order valence-corrected chi connectivity index (χ3v) is 4.95. The van der Waals surface area contributed by atoms with Crippen molar-refractivity contribution in [2.24, 2.45) is 0 Å². The van der Waals surface area contributed by atoms with Gasteiger partial charge in [-0.1, -0.05) is 23.7 Å². The van der Waals surface area contributed by atoms with Crippen LogP contribution in [0.2, 0.25) is 5.15 Å². The van der Waals surface area contributed by atoms with Crippen LogP contribution in [-0.2, 0) is 4.79 Å². The van der Waals surface area contributed by atoms with E-state index in [-0.39, 0.29) is 23.4 Å². The van der Waals surface area contributed by atoms with E-state index in [0.29, 0.717) is 23.1 Å². The lowest BCUT2D eigenvalue weighted by Crippen LogP contribution is -2.25. The van der Waals surface area contributed by atoms with Crippen LogP contribution < -0.4 is 14.8 Å². The minimum absolute atomic E-state index is 0.120. The van der Waals surface area contributed by atoms with Crippen molar-refractivity contribution in [1.29, 1.82) is 0 Å². The summed E-state index contributed by atoms with van der Waals surface area (Å²) in [6.07, 6.45) is 0.273. The van der Waals surface area contributed by atoms with E-state index >= 15 is 0 Å². The number of rotatable bonds is 4. The number of hydrogen-bond acceptors (Lipinski definition) is 6. The molecule has 28 heavy (non-hydrogen) atoms. The fraction of sp³-hybridized carbons (Fsp3) is 0.263. The Hall–Kier alpha value is -3.13. The number of aromatic nitrogens is 4. The van der Waals surface area contributed by atoms with Crippen LogP contribution >= 0.6 is 11.6 Å². The predicted molar refractivity (Wildman–Crippen MR) is 104 cm³/mol. The highest BCUT2D eigenvalue weighted by atomic mass is 35.5. The molecule has 3 aromatic rings. The fourth-order valence-electron chi connectivity index (χ4n) is 3.59. The van der Waals surface area contributed by atoms with Gasteiger partial charge in [-0.25, -0.2) is 0 Å². The lowest BCUT2D eigenvalue weighted by molar-refractivity contribution is -0.116. The summed E-state index contributed by atoms with van der Waals surface area (Å²) in [6, 6.07) is 8.97. The number of methoxy groups -OCH3 is 2. The zero-order chi connectivity index (χ0) is 19.8. The molecule has 0 radical (unpaired) electrons. The van der Waals surface area contributed by atoms with Crippen molar-refractivity contribution in [1.82, 2.24) is 20.0 Å². The molecule has 1 atom stereocenters. The molecule has 0 bridgehead atoms. The van der Waals surface area contributed by atoms with Gasteiger partial charge in [0.15, 0.2) is 22.5 Å². The number of para-hydroxylation sites is 1. The second-order valence-electron chi connectivity index (χ2n) is 6.36. The number of nitrogens with one attached hydrogen (secondary N) is 1. The molecule has 3 heterocycles. The number of aryl methyl sites for hydroxylation is 1. The van der Waals surface area contributed by atoms with Crippen LogP contribution in [0.3, 0.4) is 0 Å². The van der Waals surface area contributed by atoms with E-state index in [2.05, 4.69) is 20.6 Å². The Kier molecular flexibility index (Phi) is 4.64. The van der Waals surface area contributed by atoms with Crippen molar-refractivity contribution in [3.05, 3.63) is 52.3 Å². The van der Waals surface area contributed by atoms with E-state index in [1.807, 2.05) is 25.1 Å². The van der Waals surface area contributed by atoms with E-state index in [0.717, 1.165) is 16.8 Å². The van der Waals surface area contributed by atoms with Crippen LogP contribution in [0.1, 0.15) is 29.2 Å². The molecule has 8 nitrogen and oxygen atoms in total. The summed E-state index contributed by atoms with van der Waals surface area (Å²) < 4.78 is 12.6. The number of amides is 1. The highest BCUT2D eigenvalue weighted by molar-refractivity contribution is 6.29. The van der Waals surface area contributed by atoms with Gasteiger partial charge >= 0.3 is 0 Å². The lowest BCUT2D eigenvalue weighted by Gasteiger charge is -2.26. The van der Waals surface area contributed by atoms with Gasteiger partial charge in [0.05, 0.1) is 19.9 Å². The van der Waals surface area contributed by atoms with Gasteiger partial charge in [-0.05, 0) is 25.1 Å². The summed E-state index contributed by atoms with van der Waals surface area (Å²) in [5.74, 6) is 1.90. The number of nitrogens with zero attached hydrogens (tertiary/aromatic N) is 4. The Morgan fingerprint density at radius 3 is 2.68 bits per heavy atom. The first kappa shape index (κ1) is 18.2. The number of anilines is 1. The molecule has 0 saturated carbocycles. The molecule has 1 aliphatic heterocycles. The van der Waals surface area contributed by atoms with E-state index < -0.39 is 0 Å². The first-order valence-electron chi connectivity index (χ1n) is 8.63. The van der Waals surface area contributed by atoms with Gasteiger partial charge < -0.3 is 14.8 Å². The third kappa shape index (κ3) is 2.95. The summed E-state index contributed by atoms with van der Waals surface area (Å²) in [7, 11) is 3.17. The number of fused-ring (bicyclic) bond motifs is 1. The quantitative estimate of drug-likeness (QED) is 0.724. The van der Waals surface area contributed by atoms with Crippen molar-refractivity contribution in [2.75, 3.05) is 19.5 Å². The van der Waals surface area contributed by atoms with Crippen molar-refractivity contribution < 1.29 is 14.3 Å². The zero-order valence-electron chi connectivity index (χ0n) is 15.6. The molecule has 1 N–H and O–H groups in total. The molecule has 144 valence electrons. The number of benzene rings is 1. The zero-order valence-corrected chi connectivity index (χ0v) is 16.3. The molecule has 0 aliphatic carbocycles. The van der Waals surface area contributed by atoms with Crippen LogP contribution in [0.25, 0.3) is 5.82 Å². The number of halogens is 1. The molecule has 1 aliphatic rings. The SMILES string of the molecule is COc1cccc([C@@H]2CC(=O)Nc3c2c(C)nn3-c2ccc(Cl)nn2)c1OC. The normalized spacial score (nSPS) is 15.7. The number of carbonyl (C=O) groups excluding carboxylic acids is 1. The van der Waals surface area contributed by atoms with E-state index in [9.17, 15) is 4.79 Å². The molecule has 2 aromatic heterocycles. The molecule has 0 unspecified atom stereocenters. The summed E-state index contributed by atoms with van der Waals surface area (Å²) >= 11 is 5.84. The van der Waals surface area contributed by atoms with Gasteiger partial charge in [-0.3, -0.25) is 4.79 Å². The second kappa shape index (κ2) is 7.12. The Balaban J connectivity index is 1.89. The standard InChI is InChI=1S/C19H18ClN5O3/c1-10-17-12(11-5-4-6-13(27-2)18(11)28-3)9-16(26)21-19(17)25(24-10)15-8-7-14(20)22-23-15/h4-8,12H,9H2,1-3H3,(H,21,26)/t12-/m0/s1. The van der Waals surface area contributed by atoms with Gasteiger partial charge in [0.1, 0.15) is 5.82 Å². The molecule has 0 spiro atoms. The number of hydrogen-bond donors (Lipinski definition) is 1. The monoisotopic (exact) mass is 399 g/mol. The molecule has 0 saturated heterocycles. The molecule has 4 rings (SSSR count). The lowest BCUT2D eigenvalue weighted by atomic mass is 9.85. The van der Waals surface area contributed by atoms with Gasteiger partial charge in [0.2, 0.25) is 5.91 Å². The summed E-state index contributed by atoms with van der Waals surface area (Å²) in [5.41, 5.74) is 2.55. The van der Waals surface area contributed by atoms with Crippen LogP contribution in [0.4, 0.5) is 5.82 Å². The van der Waals surface area contributed by atoms with Gasteiger partial charge in [-0.2, -0.15) is 9.78 Å². The topological polar surface area (TPSA) is 91.2 Å².